The zero-order chi connectivity index (χ0) is 15.6. The second kappa shape index (κ2) is 6.45. The van der Waals surface area contributed by atoms with Gasteiger partial charge < -0.3 is 5.32 Å². The summed E-state index contributed by atoms with van der Waals surface area (Å²) in [5, 5.41) is 4.71. The fraction of sp³-hybridized carbons (Fsp3) is 0.214. The highest BCUT2D eigenvalue weighted by molar-refractivity contribution is 14.1. The Bertz CT molecular complexity index is 751. The molecule has 2 aromatic rings. The van der Waals surface area contributed by atoms with Gasteiger partial charge in [0.15, 0.2) is 9.84 Å². The first-order valence-electron chi connectivity index (χ1n) is 6.12. The van der Waals surface area contributed by atoms with Crippen LogP contribution in [-0.2, 0) is 9.84 Å². The zero-order valence-corrected chi connectivity index (χ0v) is 15.3. The van der Waals surface area contributed by atoms with Gasteiger partial charge in [-0.05, 0) is 53.3 Å². The third-order valence-corrected chi connectivity index (χ3v) is 5.90. The molecule has 1 amide bonds. The first-order valence-corrected chi connectivity index (χ1v) is 9.97. The molecule has 0 saturated heterocycles. The van der Waals surface area contributed by atoms with Gasteiger partial charge in [0.05, 0.1) is 19.4 Å². The summed E-state index contributed by atoms with van der Waals surface area (Å²) in [6, 6.07) is 8.20. The Morgan fingerprint density at radius 2 is 1.90 bits per heavy atom. The van der Waals surface area contributed by atoms with E-state index >= 15 is 0 Å². The molecule has 21 heavy (non-hydrogen) atoms. The number of rotatable bonds is 4. The van der Waals surface area contributed by atoms with Crippen LogP contribution < -0.4 is 5.32 Å². The van der Waals surface area contributed by atoms with Gasteiger partial charge in [0, 0.05) is 11.6 Å². The van der Waals surface area contributed by atoms with Crippen molar-refractivity contribution in [3.8, 4) is 0 Å². The Balaban J connectivity index is 2.10. The molecule has 0 fully saturated rings. The Hall–Kier alpha value is -0.930. The normalized spacial score (nSPS) is 12.9. The maximum Gasteiger partial charge on any atom is 0.252 e. The third kappa shape index (κ3) is 4.27. The summed E-state index contributed by atoms with van der Waals surface area (Å²) >= 11 is 3.69. The fourth-order valence-corrected chi connectivity index (χ4v) is 3.75. The number of halogens is 1. The first kappa shape index (κ1) is 16.4. The molecule has 1 atom stereocenters. The van der Waals surface area contributed by atoms with Gasteiger partial charge in [-0.25, -0.2) is 8.42 Å². The molecule has 112 valence electrons. The molecular weight excluding hydrogens is 421 g/mol. The molecule has 0 saturated carbocycles. The first-order chi connectivity index (χ1) is 9.77. The molecule has 1 unspecified atom stereocenters. The Morgan fingerprint density at radius 1 is 1.29 bits per heavy atom. The second-order valence-electron chi connectivity index (χ2n) is 4.68. The summed E-state index contributed by atoms with van der Waals surface area (Å²) in [5.74, 6) is -0.131. The summed E-state index contributed by atoms with van der Waals surface area (Å²) in [7, 11) is -3.20. The van der Waals surface area contributed by atoms with Crippen LogP contribution in [0.4, 0.5) is 0 Å². The van der Waals surface area contributed by atoms with Crippen molar-refractivity contribution < 1.29 is 13.2 Å². The van der Waals surface area contributed by atoms with E-state index in [1.165, 1.54) is 17.6 Å². The van der Waals surface area contributed by atoms with Gasteiger partial charge in [-0.1, -0.05) is 12.1 Å². The smallest absolute Gasteiger partial charge is 0.252 e. The lowest BCUT2D eigenvalue weighted by atomic mass is 10.1. The Morgan fingerprint density at radius 3 is 2.38 bits per heavy atom. The van der Waals surface area contributed by atoms with E-state index < -0.39 is 9.84 Å². The standard InChI is InChI=1S/C14H14INO3S2/c1-9(16-14(17)11-7-13(15)20-8-11)10-3-5-12(6-4-10)21(2,18)19/h3-9H,1-2H3,(H,16,17). The molecule has 1 aromatic carbocycles. The molecule has 4 nitrogen and oxygen atoms in total. The minimum Gasteiger partial charge on any atom is -0.345 e. The SMILES string of the molecule is CC(NC(=O)c1csc(I)c1)c1ccc(S(C)(=O)=O)cc1. The average Bonchev–Trinajstić information content (AvgIpc) is 2.84. The van der Waals surface area contributed by atoms with Crippen LogP contribution >= 0.6 is 33.9 Å². The summed E-state index contributed by atoms with van der Waals surface area (Å²) in [6.45, 7) is 1.87. The molecule has 0 aliphatic carbocycles. The third-order valence-electron chi connectivity index (χ3n) is 2.99. The van der Waals surface area contributed by atoms with E-state index in [4.69, 9.17) is 0 Å². The predicted molar refractivity (Wildman–Crippen MR) is 92.5 cm³/mol. The average molecular weight is 435 g/mol. The quantitative estimate of drug-likeness (QED) is 0.751. The minimum absolute atomic E-state index is 0.131. The van der Waals surface area contributed by atoms with Crippen LogP contribution in [0.25, 0.3) is 0 Å². The van der Waals surface area contributed by atoms with E-state index in [0.717, 1.165) is 8.45 Å². The van der Waals surface area contributed by atoms with Crippen LogP contribution in [0.15, 0.2) is 40.6 Å². The van der Waals surface area contributed by atoms with Crippen molar-refractivity contribution in [3.63, 3.8) is 0 Å². The fourth-order valence-electron chi connectivity index (χ4n) is 1.80. The highest BCUT2D eigenvalue weighted by Gasteiger charge is 2.14. The second-order valence-corrected chi connectivity index (χ2v) is 9.50. The van der Waals surface area contributed by atoms with E-state index in [1.54, 1.807) is 24.3 Å². The zero-order valence-electron chi connectivity index (χ0n) is 11.5. The van der Waals surface area contributed by atoms with Gasteiger partial charge in [0.1, 0.15) is 0 Å². The number of carbonyl (C=O) groups is 1. The molecule has 7 heteroatoms. The van der Waals surface area contributed by atoms with Crippen LogP contribution in [0.5, 0.6) is 0 Å². The van der Waals surface area contributed by atoms with Crippen LogP contribution in [0.2, 0.25) is 0 Å². The van der Waals surface area contributed by atoms with Gasteiger partial charge in [-0.3, -0.25) is 4.79 Å². The minimum atomic E-state index is -3.20. The monoisotopic (exact) mass is 435 g/mol. The highest BCUT2D eigenvalue weighted by atomic mass is 127. The molecule has 1 N–H and O–H groups in total. The molecule has 0 aliphatic rings. The van der Waals surface area contributed by atoms with Crippen molar-refractivity contribution in [2.75, 3.05) is 6.26 Å². The highest BCUT2D eigenvalue weighted by Crippen LogP contribution is 2.19. The molecule has 0 spiro atoms. The number of hydrogen-bond donors (Lipinski definition) is 1. The summed E-state index contributed by atoms with van der Waals surface area (Å²) < 4.78 is 23.9. The van der Waals surface area contributed by atoms with Gasteiger partial charge in [0.25, 0.3) is 5.91 Å². The molecule has 0 aliphatic heterocycles. The summed E-state index contributed by atoms with van der Waals surface area (Å²) in [5.41, 5.74) is 1.50. The largest absolute Gasteiger partial charge is 0.345 e. The van der Waals surface area contributed by atoms with E-state index in [2.05, 4.69) is 27.9 Å². The van der Waals surface area contributed by atoms with Crippen LogP contribution in [0.1, 0.15) is 28.9 Å². The molecule has 1 heterocycles. The number of benzene rings is 1. The van der Waals surface area contributed by atoms with Crippen molar-refractivity contribution in [2.45, 2.75) is 17.9 Å². The Labute approximate surface area is 141 Å². The number of nitrogens with one attached hydrogen (secondary N) is 1. The van der Waals surface area contributed by atoms with Crippen molar-refractivity contribution >= 4 is 49.7 Å². The van der Waals surface area contributed by atoms with Crippen molar-refractivity contribution in [1.82, 2.24) is 5.32 Å². The van der Waals surface area contributed by atoms with Crippen molar-refractivity contribution in [2.24, 2.45) is 0 Å². The molecule has 0 radical (unpaired) electrons. The maximum atomic E-state index is 12.1. The number of amides is 1. The number of carbonyl (C=O) groups excluding carboxylic acids is 1. The van der Waals surface area contributed by atoms with Crippen LogP contribution in [0, 0.1) is 2.88 Å². The van der Waals surface area contributed by atoms with Crippen LogP contribution in [-0.4, -0.2) is 20.6 Å². The van der Waals surface area contributed by atoms with Crippen molar-refractivity contribution in [3.05, 3.63) is 49.7 Å². The van der Waals surface area contributed by atoms with Crippen molar-refractivity contribution in [1.29, 1.82) is 0 Å². The van der Waals surface area contributed by atoms with Crippen LogP contribution in [0.3, 0.4) is 0 Å². The maximum absolute atomic E-state index is 12.1. The van der Waals surface area contributed by atoms with Gasteiger partial charge >= 0.3 is 0 Å². The van der Waals surface area contributed by atoms with E-state index in [9.17, 15) is 13.2 Å². The topological polar surface area (TPSA) is 63.2 Å². The van der Waals surface area contributed by atoms with E-state index in [1.807, 2.05) is 18.4 Å². The van der Waals surface area contributed by atoms with Gasteiger partial charge in [-0.15, -0.1) is 11.3 Å². The number of sulfone groups is 1. The summed E-state index contributed by atoms with van der Waals surface area (Å²) in [4.78, 5) is 12.3. The van der Waals surface area contributed by atoms with E-state index in [-0.39, 0.29) is 16.8 Å². The lowest BCUT2D eigenvalue weighted by Gasteiger charge is -2.14. The van der Waals surface area contributed by atoms with Gasteiger partial charge in [0.2, 0.25) is 0 Å². The lowest BCUT2D eigenvalue weighted by Crippen LogP contribution is -2.26. The number of thiophene rings is 1. The molecule has 1 aromatic heterocycles. The molecular formula is C14H14INO3S2. The molecule has 2 rings (SSSR count). The Kier molecular flexibility index (Phi) is 5.05. The van der Waals surface area contributed by atoms with E-state index in [0.29, 0.717) is 5.56 Å². The summed E-state index contributed by atoms with van der Waals surface area (Å²) in [6.07, 6.45) is 1.17. The molecule has 0 bridgehead atoms. The van der Waals surface area contributed by atoms with Gasteiger partial charge in [-0.2, -0.15) is 0 Å². The lowest BCUT2D eigenvalue weighted by molar-refractivity contribution is 0.0940. The number of hydrogen-bond acceptors (Lipinski definition) is 4. The predicted octanol–water partition coefficient (Wildman–Crippen LogP) is 3.25.